The molecule has 3 unspecified atom stereocenters. The van der Waals surface area contributed by atoms with Crippen LogP contribution in [0.1, 0.15) is 101 Å². The number of hydrogen-bond donors (Lipinski definition) is 0. The minimum absolute atomic E-state index is 0.844. The fourth-order valence-electron chi connectivity index (χ4n) is 4.70. The monoisotopic (exact) mass is 310 g/mol. The summed E-state index contributed by atoms with van der Waals surface area (Å²) in [6, 6.07) is 0. The predicted molar refractivity (Wildman–Crippen MR) is 103 cm³/mol. The first-order valence-corrected chi connectivity index (χ1v) is 10.1. The Hall–Kier alpha value is 0. The average molecular weight is 311 g/mol. The lowest BCUT2D eigenvalue weighted by atomic mass is 9.78. The third-order valence-corrected chi connectivity index (χ3v) is 4.83. The Kier molecular flexibility index (Phi) is 11.5. The maximum absolute atomic E-state index is 2.48. The minimum atomic E-state index is 0.844. The Labute approximate surface area is 142 Å². The first-order valence-electron chi connectivity index (χ1n) is 10.1. The Morgan fingerprint density at radius 2 is 0.591 bits per heavy atom. The highest BCUT2D eigenvalue weighted by atomic mass is 14.3. The molecule has 22 heavy (non-hydrogen) atoms. The molecule has 0 N–H and O–H groups in total. The Morgan fingerprint density at radius 3 is 0.773 bits per heavy atom. The first kappa shape index (κ1) is 22.0. The van der Waals surface area contributed by atoms with E-state index in [0.29, 0.717) is 0 Å². The van der Waals surface area contributed by atoms with Crippen molar-refractivity contribution in [1.29, 1.82) is 0 Å². The van der Waals surface area contributed by atoms with Crippen molar-refractivity contribution >= 4 is 0 Å². The second-order valence-corrected chi connectivity index (χ2v) is 9.78. The SMILES string of the molecule is CC(C)CC(C)CC(CC(C)CC(C)C)CC(C)CC(C)C. The van der Waals surface area contributed by atoms with Crippen molar-refractivity contribution in [3.05, 3.63) is 0 Å². The number of hydrogen-bond acceptors (Lipinski definition) is 0. The molecule has 0 saturated carbocycles. The molecule has 0 spiro atoms. The molecule has 0 fully saturated rings. The predicted octanol–water partition coefficient (Wildman–Crippen LogP) is 7.82. The summed E-state index contributed by atoms with van der Waals surface area (Å²) in [4.78, 5) is 0. The molecule has 0 nitrogen and oxygen atoms in total. The van der Waals surface area contributed by atoms with Crippen molar-refractivity contribution in [2.75, 3.05) is 0 Å². The van der Waals surface area contributed by atoms with E-state index in [9.17, 15) is 0 Å². The topological polar surface area (TPSA) is 0 Å². The molecular formula is C22H46. The van der Waals surface area contributed by atoms with Crippen LogP contribution < -0.4 is 0 Å². The van der Waals surface area contributed by atoms with E-state index in [4.69, 9.17) is 0 Å². The molecule has 0 aliphatic carbocycles. The lowest BCUT2D eigenvalue weighted by Crippen LogP contribution is -2.16. The minimum Gasteiger partial charge on any atom is -0.0628 e. The molecule has 0 aliphatic rings. The first-order chi connectivity index (χ1) is 10.1. The third kappa shape index (κ3) is 12.5. The van der Waals surface area contributed by atoms with E-state index >= 15 is 0 Å². The molecule has 0 aliphatic heterocycles. The number of rotatable bonds is 12. The van der Waals surface area contributed by atoms with Gasteiger partial charge >= 0.3 is 0 Å². The van der Waals surface area contributed by atoms with Gasteiger partial charge in [0.25, 0.3) is 0 Å². The zero-order valence-electron chi connectivity index (χ0n) is 17.3. The zero-order valence-corrected chi connectivity index (χ0v) is 17.3. The van der Waals surface area contributed by atoms with Gasteiger partial charge in [-0.15, -0.1) is 0 Å². The van der Waals surface area contributed by atoms with Crippen molar-refractivity contribution in [2.45, 2.75) is 101 Å². The van der Waals surface area contributed by atoms with Crippen LogP contribution in [0.4, 0.5) is 0 Å². The summed E-state index contributed by atoms with van der Waals surface area (Å²) >= 11 is 0. The maximum Gasteiger partial charge on any atom is -0.0407 e. The highest BCUT2D eigenvalue weighted by molar-refractivity contribution is 4.72. The second kappa shape index (κ2) is 11.5. The van der Waals surface area contributed by atoms with Crippen LogP contribution in [0.25, 0.3) is 0 Å². The van der Waals surface area contributed by atoms with E-state index in [2.05, 4.69) is 62.3 Å². The lowest BCUT2D eigenvalue weighted by molar-refractivity contribution is 0.233. The van der Waals surface area contributed by atoms with Crippen molar-refractivity contribution < 1.29 is 0 Å². The van der Waals surface area contributed by atoms with Crippen LogP contribution in [0.2, 0.25) is 0 Å². The Morgan fingerprint density at radius 1 is 0.364 bits per heavy atom. The molecule has 0 heteroatoms. The van der Waals surface area contributed by atoms with Crippen LogP contribution in [0.15, 0.2) is 0 Å². The summed E-state index contributed by atoms with van der Waals surface area (Å²) < 4.78 is 0. The smallest absolute Gasteiger partial charge is 0.0407 e. The van der Waals surface area contributed by atoms with E-state index in [1.807, 2.05) is 0 Å². The highest BCUT2D eigenvalue weighted by Crippen LogP contribution is 2.32. The molecule has 0 bridgehead atoms. The van der Waals surface area contributed by atoms with Gasteiger partial charge in [-0.1, -0.05) is 62.3 Å². The van der Waals surface area contributed by atoms with Crippen LogP contribution in [0.3, 0.4) is 0 Å². The average Bonchev–Trinajstić information content (AvgIpc) is 2.23. The van der Waals surface area contributed by atoms with Crippen LogP contribution in [-0.2, 0) is 0 Å². The van der Waals surface area contributed by atoms with Crippen LogP contribution in [-0.4, -0.2) is 0 Å². The van der Waals surface area contributed by atoms with Crippen molar-refractivity contribution in [3.8, 4) is 0 Å². The summed E-state index contributed by atoms with van der Waals surface area (Å²) in [5.41, 5.74) is 0. The van der Waals surface area contributed by atoms with E-state index < -0.39 is 0 Å². The van der Waals surface area contributed by atoms with E-state index in [1.54, 1.807) is 0 Å². The second-order valence-electron chi connectivity index (χ2n) is 9.78. The third-order valence-electron chi connectivity index (χ3n) is 4.83. The molecule has 0 rings (SSSR count). The van der Waals surface area contributed by atoms with Gasteiger partial charge in [-0.2, -0.15) is 0 Å². The molecule has 0 amide bonds. The summed E-state index contributed by atoms with van der Waals surface area (Å²) in [6.07, 6.45) is 8.53. The fraction of sp³-hybridized carbons (Fsp3) is 1.00. The van der Waals surface area contributed by atoms with Gasteiger partial charge < -0.3 is 0 Å². The Balaban J connectivity index is 4.53. The van der Waals surface area contributed by atoms with Crippen molar-refractivity contribution in [3.63, 3.8) is 0 Å². The molecular weight excluding hydrogens is 264 g/mol. The molecule has 134 valence electrons. The summed E-state index contributed by atoms with van der Waals surface area (Å²) in [5, 5.41) is 0. The van der Waals surface area contributed by atoms with Gasteiger partial charge in [-0.05, 0) is 80.0 Å². The molecule has 0 radical (unpaired) electrons. The molecule has 0 aromatic heterocycles. The van der Waals surface area contributed by atoms with Crippen LogP contribution >= 0.6 is 0 Å². The van der Waals surface area contributed by atoms with E-state index in [0.717, 1.165) is 41.4 Å². The molecule has 3 atom stereocenters. The standard InChI is InChI=1S/C22H46/c1-16(2)10-19(7)13-22(14-20(8)11-17(3)4)15-21(9)12-18(5)6/h16-22H,10-15H2,1-9H3. The molecule has 0 saturated heterocycles. The van der Waals surface area contributed by atoms with Gasteiger partial charge in [-0.3, -0.25) is 0 Å². The van der Waals surface area contributed by atoms with Gasteiger partial charge in [-0.25, -0.2) is 0 Å². The Bertz CT molecular complexity index is 208. The lowest BCUT2D eigenvalue weighted by Gasteiger charge is -2.28. The fourth-order valence-corrected chi connectivity index (χ4v) is 4.70. The van der Waals surface area contributed by atoms with Gasteiger partial charge in [0.1, 0.15) is 0 Å². The van der Waals surface area contributed by atoms with Gasteiger partial charge in [0.05, 0.1) is 0 Å². The maximum atomic E-state index is 2.48. The van der Waals surface area contributed by atoms with Crippen molar-refractivity contribution in [1.82, 2.24) is 0 Å². The largest absolute Gasteiger partial charge is 0.0628 e. The molecule has 0 aromatic rings. The van der Waals surface area contributed by atoms with Gasteiger partial charge in [0, 0.05) is 0 Å². The van der Waals surface area contributed by atoms with Crippen LogP contribution in [0.5, 0.6) is 0 Å². The normalized spacial score (nSPS) is 18.0. The quantitative estimate of drug-likeness (QED) is 0.344. The molecule has 0 aromatic carbocycles. The van der Waals surface area contributed by atoms with Crippen molar-refractivity contribution in [2.24, 2.45) is 41.4 Å². The summed E-state index contributed by atoms with van der Waals surface area (Å²) in [5.74, 6) is 6.15. The molecule has 0 heterocycles. The summed E-state index contributed by atoms with van der Waals surface area (Å²) in [7, 11) is 0. The summed E-state index contributed by atoms with van der Waals surface area (Å²) in [6.45, 7) is 21.7. The van der Waals surface area contributed by atoms with Crippen LogP contribution in [0, 0.1) is 41.4 Å². The van der Waals surface area contributed by atoms with E-state index in [1.165, 1.54) is 38.5 Å². The van der Waals surface area contributed by atoms with Gasteiger partial charge in [0.15, 0.2) is 0 Å². The zero-order chi connectivity index (χ0) is 17.3. The van der Waals surface area contributed by atoms with E-state index in [-0.39, 0.29) is 0 Å². The highest BCUT2D eigenvalue weighted by Gasteiger charge is 2.20. The van der Waals surface area contributed by atoms with Gasteiger partial charge in [0.2, 0.25) is 0 Å².